The molecule has 0 aliphatic heterocycles. The highest BCUT2D eigenvalue weighted by Gasteiger charge is 2.42. The lowest BCUT2D eigenvalue weighted by Gasteiger charge is -2.28. The molecular formula is C25H23ClN2O2. The van der Waals surface area contributed by atoms with Crippen molar-refractivity contribution < 1.29 is 9.53 Å². The van der Waals surface area contributed by atoms with Gasteiger partial charge in [-0.25, -0.2) is 0 Å². The highest BCUT2D eigenvalue weighted by molar-refractivity contribution is 6.30. The van der Waals surface area contributed by atoms with Crippen LogP contribution in [-0.4, -0.2) is 24.0 Å². The van der Waals surface area contributed by atoms with Gasteiger partial charge in [-0.3, -0.25) is 9.78 Å². The number of carbonyl (C=O) groups is 1. The van der Waals surface area contributed by atoms with Gasteiger partial charge in [-0.2, -0.15) is 0 Å². The maximum absolute atomic E-state index is 13.0. The van der Waals surface area contributed by atoms with Gasteiger partial charge in [0.05, 0.1) is 17.5 Å². The fourth-order valence-corrected chi connectivity index (χ4v) is 4.18. The summed E-state index contributed by atoms with van der Waals surface area (Å²) >= 11 is 6.01. The van der Waals surface area contributed by atoms with E-state index in [-0.39, 0.29) is 12.5 Å². The number of aromatic nitrogens is 1. The number of carbonyl (C=O) groups excluding carboxylic acids is 1. The van der Waals surface area contributed by atoms with Crippen molar-refractivity contribution in [3.05, 3.63) is 71.4 Å². The molecular weight excluding hydrogens is 396 g/mol. The van der Waals surface area contributed by atoms with Crippen LogP contribution in [-0.2, 0) is 10.2 Å². The van der Waals surface area contributed by atoms with Crippen molar-refractivity contribution in [2.75, 3.05) is 13.2 Å². The van der Waals surface area contributed by atoms with Gasteiger partial charge in [-0.1, -0.05) is 54.5 Å². The van der Waals surface area contributed by atoms with Crippen molar-refractivity contribution in [2.45, 2.75) is 31.1 Å². The molecule has 1 fully saturated rings. The quantitative estimate of drug-likeness (QED) is 0.599. The third-order valence-corrected chi connectivity index (χ3v) is 5.89. The summed E-state index contributed by atoms with van der Waals surface area (Å²) in [6, 6.07) is 17.3. The van der Waals surface area contributed by atoms with Crippen LogP contribution in [0.4, 0.5) is 0 Å². The van der Waals surface area contributed by atoms with E-state index in [0.717, 1.165) is 47.9 Å². The summed E-state index contributed by atoms with van der Waals surface area (Å²) in [6.07, 6.45) is 5.57. The molecule has 1 N–H and O–H groups in total. The van der Waals surface area contributed by atoms with Gasteiger partial charge in [0.15, 0.2) is 0 Å². The van der Waals surface area contributed by atoms with Crippen molar-refractivity contribution in [3.8, 4) is 17.6 Å². The van der Waals surface area contributed by atoms with E-state index >= 15 is 0 Å². The zero-order chi connectivity index (χ0) is 20.8. The second-order valence-electron chi connectivity index (χ2n) is 7.48. The fraction of sp³-hybridized carbons (Fsp3) is 0.280. The fourth-order valence-electron chi connectivity index (χ4n) is 4.06. The first-order chi connectivity index (χ1) is 14.7. The van der Waals surface area contributed by atoms with Gasteiger partial charge in [-0.15, -0.1) is 0 Å². The second kappa shape index (κ2) is 9.19. The van der Waals surface area contributed by atoms with E-state index in [1.54, 1.807) is 6.20 Å². The van der Waals surface area contributed by atoms with Gasteiger partial charge < -0.3 is 10.1 Å². The third kappa shape index (κ3) is 4.42. The molecule has 0 atom stereocenters. The number of fused-ring (bicyclic) bond motifs is 1. The number of amides is 1. The Bertz CT molecular complexity index is 1090. The van der Waals surface area contributed by atoms with Gasteiger partial charge in [-0.05, 0) is 48.7 Å². The zero-order valence-electron chi connectivity index (χ0n) is 16.7. The minimum absolute atomic E-state index is 0.0399. The summed E-state index contributed by atoms with van der Waals surface area (Å²) < 4.78 is 5.68. The summed E-state index contributed by atoms with van der Waals surface area (Å²) in [5.74, 6) is 6.71. The summed E-state index contributed by atoms with van der Waals surface area (Å²) in [5.41, 5.74) is 1.45. The van der Waals surface area contributed by atoms with Crippen LogP contribution < -0.4 is 10.1 Å². The minimum atomic E-state index is -0.471. The Labute approximate surface area is 181 Å². The molecule has 0 saturated heterocycles. The molecule has 1 amide bonds. The summed E-state index contributed by atoms with van der Waals surface area (Å²) in [6.45, 7) is 0.563. The molecule has 0 bridgehead atoms. The first kappa shape index (κ1) is 20.3. The molecule has 1 aliphatic rings. The van der Waals surface area contributed by atoms with E-state index in [1.165, 1.54) is 0 Å². The molecule has 1 aromatic heterocycles. The smallest absolute Gasteiger partial charge is 0.231 e. The number of nitrogens with one attached hydrogen (secondary N) is 1. The SMILES string of the molecule is O=C(NCC#CCOc1ccc2cccnc2c1)C1(c2ccc(Cl)cc2)CCCC1. The summed E-state index contributed by atoms with van der Waals surface area (Å²) in [5, 5.41) is 4.74. The molecule has 4 rings (SSSR count). The van der Waals surface area contributed by atoms with Crippen LogP contribution in [0.1, 0.15) is 31.2 Å². The first-order valence-electron chi connectivity index (χ1n) is 10.2. The number of hydrogen-bond donors (Lipinski definition) is 1. The Kier molecular flexibility index (Phi) is 6.21. The Hall–Kier alpha value is -3.03. The number of hydrogen-bond acceptors (Lipinski definition) is 3. The molecule has 0 spiro atoms. The molecule has 5 heteroatoms. The van der Waals surface area contributed by atoms with E-state index < -0.39 is 5.41 Å². The molecule has 4 nitrogen and oxygen atoms in total. The van der Waals surface area contributed by atoms with Crippen LogP contribution in [0.25, 0.3) is 10.9 Å². The monoisotopic (exact) mass is 418 g/mol. The highest BCUT2D eigenvalue weighted by Crippen LogP contribution is 2.41. The molecule has 1 saturated carbocycles. The molecule has 0 unspecified atom stereocenters. The lowest BCUT2D eigenvalue weighted by atomic mass is 9.78. The van der Waals surface area contributed by atoms with E-state index in [2.05, 4.69) is 22.1 Å². The Balaban J connectivity index is 1.31. The molecule has 3 aromatic rings. The number of nitrogens with zero attached hydrogens (tertiary/aromatic N) is 1. The van der Waals surface area contributed by atoms with E-state index in [4.69, 9.17) is 16.3 Å². The Morgan fingerprint density at radius 1 is 1.10 bits per heavy atom. The molecule has 1 heterocycles. The number of rotatable bonds is 5. The number of pyridine rings is 1. The zero-order valence-corrected chi connectivity index (χ0v) is 17.4. The maximum atomic E-state index is 13.0. The first-order valence-corrected chi connectivity index (χ1v) is 10.5. The molecule has 1 aliphatic carbocycles. The van der Waals surface area contributed by atoms with Crippen molar-refractivity contribution in [1.82, 2.24) is 10.3 Å². The van der Waals surface area contributed by atoms with Gasteiger partial charge in [0.25, 0.3) is 0 Å². The van der Waals surface area contributed by atoms with Gasteiger partial charge in [0.2, 0.25) is 5.91 Å². The number of halogens is 1. The van der Waals surface area contributed by atoms with Gasteiger partial charge in [0.1, 0.15) is 12.4 Å². The van der Waals surface area contributed by atoms with Gasteiger partial charge >= 0.3 is 0 Å². The summed E-state index contributed by atoms with van der Waals surface area (Å²) in [7, 11) is 0. The third-order valence-electron chi connectivity index (χ3n) is 5.64. The lowest BCUT2D eigenvalue weighted by Crippen LogP contribution is -2.42. The average Bonchev–Trinajstić information content (AvgIpc) is 3.27. The van der Waals surface area contributed by atoms with Crippen molar-refractivity contribution in [2.24, 2.45) is 0 Å². The normalized spacial score (nSPS) is 14.7. The van der Waals surface area contributed by atoms with Crippen molar-refractivity contribution >= 4 is 28.4 Å². The largest absolute Gasteiger partial charge is 0.481 e. The Morgan fingerprint density at radius 3 is 2.70 bits per heavy atom. The number of benzene rings is 2. The topological polar surface area (TPSA) is 51.2 Å². The van der Waals surface area contributed by atoms with E-state index in [1.807, 2.05) is 54.6 Å². The molecule has 152 valence electrons. The van der Waals surface area contributed by atoms with E-state index in [0.29, 0.717) is 11.6 Å². The van der Waals surface area contributed by atoms with Crippen LogP contribution in [0.3, 0.4) is 0 Å². The van der Waals surface area contributed by atoms with Crippen LogP contribution in [0.2, 0.25) is 5.02 Å². The van der Waals surface area contributed by atoms with Crippen LogP contribution in [0.5, 0.6) is 5.75 Å². The molecule has 30 heavy (non-hydrogen) atoms. The van der Waals surface area contributed by atoms with Gasteiger partial charge in [0, 0.05) is 22.7 Å². The van der Waals surface area contributed by atoms with Crippen LogP contribution in [0, 0.1) is 11.8 Å². The lowest BCUT2D eigenvalue weighted by molar-refractivity contribution is -0.126. The maximum Gasteiger partial charge on any atom is 0.231 e. The van der Waals surface area contributed by atoms with E-state index in [9.17, 15) is 4.79 Å². The minimum Gasteiger partial charge on any atom is -0.481 e. The van der Waals surface area contributed by atoms with Crippen molar-refractivity contribution in [3.63, 3.8) is 0 Å². The Morgan fingerprint density at radius 2 is 1.90 bits per heavy atom. The van der Waals surface area contributed by atoms with Crippen LogP contribution >= 0.6 is 11.6 Å². The summed E-state index contributed by atoms with van der Waals surface area (Å²) in [4.78, 5) is 17.3. The predicted octanol–water partition coefficient (Wildman–Crippen LogP) is 4.90. The number of ether oxygens (including phenoxy) is 1. The molecule has 2 aromatic carbocycles. The second-order valence-corrected chi connectivity index (χ2v) is 7.92. The standard InChI is InChI=1S/C25H23ClN2O2/c26-21-10-8-20(9-11-21)25(13-1-2-14-25)24(29)28-15-3-4-17-30-22-12-7-19-6-5-16-27-23(19)18-22/h5-12,16,18H,1-2,13-15,17H2,(H,28,29). The van der Waals surface area contributed by atoms with Crippen molar-refractivity contribution in [1.29, 1.82) is 0 Å². The average molecular weight is 419 g/mol. The molecule has 0 radical (unpaired) electrons. The highest BCUT2D eigenvalue weighted by atomic mass is 35.5. The van der Waals surface area contributed by atoms with Crippen LogP contribution in [0.15, 0.2) is 60.8 Å². The predicted molar refractivity (Wildman–Crippen MR) is 120 cm³/mol.